The van der Waals surface area contributed by atoms with Crippen molar-refractivity contribution >= 4 is 0 Å². The molecule has 2 rings (SSSR count). The smallest absolute Gasteiger partial charge is 0.193 e. The third-order valence-electron chi connectivity index (χ3n) is 2.21. The normalized spacial score (nSPS) is 45.0. The maximum absolute atomic E-state index is 5.59. The van der Waals surface area contributed by atoms with Gasteiger partial charge in [-0.1, -0.05) is 6.92 Å². The second-order valence-corrected chi connectivity index (χ2v) is 3.44. The Morgan fingerprint density at radius 3 is 2.55 bits per heavy atom. The van der Waals surface area contributed by atoms with Crippen LogP contribution in [0.1, 0.15) is 13.3 Å². The van der Waals surface area contributed by atoms with E-state index in [0.717, 1.165) is 26.2 Å². The minimum atomic E-state index is -0.369. The summed E-state index contributed by atoms with van der Waals surface area (Å²) in [5.41, 5.74) is 0. The minimum absolute atomic E-state index is 0.369. The molecule has 3 nitrogen and oxygen atoms in total. The molecule has 64 valence electrons. The minimum Gasteiger partial charge on any atom is -0.376 e. The fourth-order valence-electron chi connectivity index (χ4n) is 1.43. The predicted molar refractivity (Wildman–Crippen MR) is 39.2 cm³/mol. The van der Waals surface area contributed by atoms with Crippen LogP contribution < -0.4 is 0 Å². The quantitative estimate of drug-likeness (QED) is 0.521. The fraction of sp³-hybridized carbons (Fsp3) is 1.00. The Labute approximate surface area is 66.6 Å². The molecule has 0 amide bonds. The van der Waals surface area contributed by atoms with Crippen LogP contribution in [0.25, 0.3) is 0 Å². The molecular weight excluding hydrogens is 144 g/mol. The van der Waals surface area contributed by atoms with Gasteiger partial charge in [0.15, 0.2) is 5.79 Å². The maximum Gasteiger partial charge on any atom is 0.193 e. The third-order valence-corrected chi connectivity index (χ3v) is 2.21. The summed E-state index contributed by atoms with van der Waals surface area (Å²) in [6.45, 7) is 5.13. The summed E-state index contributed by atoms with van der Waals surface area (Å²) in [4.78, 5) is 0. The summed E-state index contributed by atoms with van der Waals surface area (Å²) in [7, 11) is 0. The van der Waals surface area contributed by atoms with Gasteiger partial charge in [-0.05, 0) is 0 Å². The Balaban J connectivity index is 1.94. The zero-order chi connectivity index (χ0) is 7.73. The molecular formula is C8H14O3. The Bertz CT molecular complexity index is 130. The third kappa shape index (κ3) is 1.41. The molecule has 2 aliphatic rings. The molecule has 0 radical (unpaired) electrons. The van der Waals surface area contributed by atoms with Crippen molar-refractivity contribution in [1.82, 2.24) is 0 Å². The maximum atomic E-state index is 5.59. The van der Waals surface area contributed by atoms with Crippen molar-refractivity contribution in [3.8, 4) is 0 Å². The summed E-state index contributed by atoms with van der Waals surface area (Å²) in [6.07, 6.45) is 0.889. The van der Waals surface area contributed by atoms with Gasteiger partial charge in [0.05, 0.1) is 19.8 Å². The van der Waals surface area contributed by atoms with Crippen LogP contribution in [0.2, 0.25) is 0 Å². The van der Waals surface area contributed by atoms with Crippen molar-refractivity contribution in [3.05, 3.63) is 0 Å². The van der Waals surface area contributed by atoms with Gasteiger partial charge in [-0.3, -0.25) is 0 Å². The van der Waals surface area contributed by atoms with Crippen molar-refractivity contribution in [2.45, 2.75) is 19.1 Å². The summed E-state index contributed by atoms with van der Waals surface area (Å²) < 4.78 is 16.4. The van der Waals surface area contributed by atoms with E-state index in [9.17, 15) is 0 Å². The van der Waals surface area contributed by atoms with Crippen molar-refractivity contribution in [2.24, 2.45) is 5.92 Å². The highest BCUT2D eigenvalue weighted by molar-refractivity contribution is 4.78. The monoisotopic (exact) mass is 158 g/mol. The van der Waals surface area contributed by atoms with E-state index in [0.29, 0.717) is 12.5 Å². The second kappa shape index (κ2) is 2.73. The van der Waals surface area contributed by atoms with Crippen molar-refractivity contribution in [2.75, 3.05) is 26.4 Å². The molecule has 3 heteroatoms. The number of hydrogen-bond acceptors (Lipinski definition) is 3. The van der Waals surface area contributed by atoms with E-state index in [1.165, 1.54) is 0 Å². The van der Waals surface area contributed by atoms with Gasteiger partial charge in [-0.15, -0.1) is 0 Å². The molecule has 0 aliphatic carbocycles. The largest absolute Gasteiger partial charge is 0.376 e. The lowest BCUT2D eigenvalue weighted by molar-refractivity contribution is -0.276. The van der Waals surface area contributed by atoms with Gasteiger partial charge in [0, 0.05) is 12.3 Å². The molecule has 0 atom stereocenters. The van der Waals surface area contributed by atoms with Crippen LogP contribution in [0.15, 0.2) is 0 Å². The van der Waals surface area contributed by atoms with Crippen LogP contribution in [-0.2, 0) is 14.2 Å². The van der Waals surface area contributed by atoms with Crippen LogP contribution in [0.4, 0.5) is 0 Å². The van der Waals surface area contributed by atoms with Crippen molar-refractivity contribution in [1.29, 1.82) is 0 Å². The average molecular weight is 158 g/mol. The topological polar surface area (TPSA) is 27.7 Å². The average Bonchev–Trinajstić information content (AvgIpc) is 2.45. The Morgan fingerprint density at radius 2 is 2.00 bits per heavy atom. The van der Waals surface area contributed by atoms with E-state index < -0.39 is 0 Å². The first-order chi connectivity index (χ1) is 5.31. The highest BCUT2D eigenvalue weighted by Gasteiger charge is 2.40. The van der Waals surface area contributed by atoms with Crippen molar-refractivity contribution in [3.63, 3.8) is 0 Å². The fourth-order valence-corrected chi connectivity index (χ4v) is 1.43. The first-order valence-electron chi connectivity index (χ1n) is 4.16. The SMILES string of the molecule is CC1COC2(CCOC2)OC1. The number of rotatable bonds is 0. The Hall–Kier alpha value is -0.120. The highest BCUT2D eigenvalue weighted by Crippen LogP contribution is 2.29. The lowest BCUT2D eigenvalue weighted by atomic mass is 10.1. The molecule has 11 heavy (non-hydrogen) atoms. The van der Waals surface area contributed by atoms with Gasteiger partial charge in [0.1, 0.15) is 6.61 Å². The molecule has 0 saturated carbocycles. The van der Waals surface area contributed by atoms with Gasteiger partial charge < -0.3 is 14.2 Å². The van der Waals surface area contributed by atoms with Crippen molar-refractivity contribution < 1.29 is 14.2 Å². The Kier molecular flexibility index (Phi) is 1.87. The number of ether oxygens (including phenoxy) is 3. The molecule has 2 aliphatic heterocycles. The zero-order valence-electron chi connectivity index (χ0n) is 6.84. The van der Waals surface area contributed by atoms with Gasteiger partial charge in [-0.25, -0.2) is 0 Å². The molecule has 2 saturated heterocycles. The molecule has 0 aromatic rings. The highest BCUT2D eigenvalue weighted by atomic mass is 16.7. The van der Waals surface area contributed by atoms with Crippen LogP contribution in [0.5, 0.6) is 0 Å². The molecule has 0 aromatic heterocycles. The number of hydrogen-bond donors (Lipinski definition) is 0. The van der Waals surface area contributed by atoms with Gasteiger partial charge >= 0.3 is 0 Å². The zero-order valence-corrected chi connectivity index (χ0v) is 6.84. The predicted octanol–water partition coefficient (Wildman–Crippen LogP) is 0.786. The molecule has 1 spiro atoms. The van der Waals surface area contributed by atoms with Crippen LogP contribution in [0.3, 0.4) is 0 Å². The molecule has 0 N–H and O–H groups in total. The van der Waals surface area contributed by atoms with Gasteiger partial charge in [0.2, 0.25) is 0 Å². The second-order valence-electron chi connectivity index (χ2n) is 3.44. The van der Waals surface area contributed by atoms with E-state index in [4.69, 9.17) is 14.2 Å². The van der Waals surface area contributed by atoms with Crippen LogP contribution in [-0.4, -0.2) is 32.2 Å². The van der Waals surface area contributed by atoms with Crippen LogP contribution >= 0.6 is 0 Å². The first-order valence-corrected chi connectivity index (χ1v) is 4.16. The van der Waals surface area contributed by atoms with E-state index >= 15 is 0 Å². The first kappa shape index (κ1) is 7.53. The summed E-state index contributed by atoms with van der Waals surface area (Å²) >= 11 is 0. The van der Waals surface area contributed by atoms with Gasteiger partial charge in [-0.2, -0.15) is 0 Å². The van der Waals surface area contributed by atoms with E-state index in [1.807, 2.05) is 0 Å². The van der Waals surface area contributed by atoms with Crippen LogP contribution in [0, 0.1) is 5.92 Å². The lowest BCUT2D eigenvalue weighted by Gasteiger charge is -2.35. The standard InChI is InChI=1S/C8H14O3/c1-7-4-10-8(11-5-7)2-3-9-6-8/h7H,2-6H2,1H3. The molecule has 2 heterocycles. The summed E-state index contributed by atoms with van der Waals surface area (Å²) in [6, 6.07) is 0. The van der Waals surface area contributed by atoms with Gasteiger partial charge in [0.25, 0.3) is 0 Å². The lowest BCUT2D eigenvalue weighted by Crippen LogP contribution is -2.43. The molecule has 0 aromatic carbocycles. The molecule has 0 bridgehead atoms. The molecule has 2 fully saturated rings. The van der Waals surface area contributed by atoms with E-state index in [1.54, 1.807) is 0 Å². The summed E-state index contributed by atoms with van der Waals surface area (Å²) in [5, 5.41) is 0. The van der Waals surface area contributed by atoms with E-state index in [2.05, 4.69) is 6.92 Å². The van der Waals surface area contributed by atoms with E-state index in [-0.39, 0.29) is 5.79 Å². The Morgan fingerprint density at radius 1 is 1.27 bits per heavy atom. The summed E-state index contributed by atoms with van der Waals surface area (Å²) in [5.74, 6) is 0.160. The molecule has 0 unspecified atom stereocenters.